The number of aliphatic hydroxyl groups is 2. The van der Waals surface area contributed by atoms with Gasteiger partial charge in [0.1, 0.15) is 10.7 Å². The van der Waals surface area contributed by atoms with Crippen LogP contribution in [0, 0.1) is 0 Å². The molecular weight excluding hydrogens is 246 g/mol. The molecule has 0 fully saturated rings. The van der Waals surface area contributed by atoms with Crippen LogP contribution in [0.25, 0.3) is 0 Å². The van der Waals surface area contributed by atoms with E-state index in [1.165, 1.54) is 12.1 Å². The van der Waals surface area contributed by atoms with Crippen molar-refractivity contribution in [2.75, 3.05) is 32.0 Å². The van der Waals surface area contributed by atoms with Gasteiger partial charge in [-0.25, -0.2) is 13.4 Å². The number of aromatic nitrogens is 1. The van der Waals surface area contributed by atoms with Gasteiger partial charge < -0.3 is 15.9 Å². The first-order valence-corrected chi connectivity index (χ1v) is 6.39. The Morgan fingerprint density at radius 1 is 1.24 bits per heavy atom. The van der Waals surface area contributed by atoms with Crippen molar-refractivity contribution in [1.29, 1.82) is 0 Å². The highest BCUT2D eigenvalue weighted by Gasteiger charge is 2.23. The number of aliphatic hydroxyl groups excluding tert-OH is 2. The van der Waals surface area contributed by atoms with E-state index >= 15 is 0 Å². The SMILES string of the molecule is Nc1ccc(S(=O)(=O)N(CCO)CCO)cn1. The molecule has 4 N–H and O–H groups in total. The largest absolute Gasteiger partial charge is 0.395 e. The molecule has 8 heteroatoms. The van der Waals surface area contributed by atoms with E-state index in [-0.39, 0.29) is 37.0 Å². The molecule has 96 valence electrons. The minimum absolute atomic E-state index is 0.0198. The molecular formula is C9H15N3O4S. The lowest BCUT2D eigenvalue weighted by atomic mass is 10.5. The lowest BCUT2D eigenvalue weighted by Gasteiger charge is -2.19. The normalized spacial score (nSPS) is 11.9. The van der Waals surface area contributed by atoms with Gasteiger partial charge in [-0.15, -0.1) is 0 Å². The summed E-state index contributed by atoms with van der Waals surface area (Å²) in [6.07, 6.45) is 1.15. The van der Waals surface area contributed by atoms with Crippen molar-refractivity contribution >= 4 is 15.8 Å². The third kappa shape index (κ3) is 3.37. The molecule has 1 rings (SSSR count). The van der Waals surface area contributed by atoms with Crippen LogP contribution >= 0.6 is 0 Å². The summed E-state index contributed by atoms with van der Waals surface area (Å²) in [5.41, 5.74) is 5.36. The summed E-state index contributed by atoms with van der Waals surface area (Å²) < 4.78 is 25.1. The number of pyridine rings is 1. The van der Waals surface area contributed by atoms with Crippen LogP contribution in [-0.4, -0.2) is 54.2 Å². The second kappa shape index (κ2) is 5.92. The first kappa shape index (κ1) is 13.8. The number of rotatable bonds is 6. The molecule has 0 aliphatic carbocycles. The zero-order valence-corrected chi connectivity index (χ0v) is 9.97. The predicted octanol–water partition coefficient (Wildman–Crippen LogP) is -1.36. The van der Waals surface area contributed by atoms with Gasteiger partial charge in [0, 0.05) is 19.3 Å². The third-order valence-electron chi connectivity index (χ3n) is 2.10. The van der Waals surface area contributed by atoms with E-state index in [2.05, 4.69) is 4.98 Å². The summed E-state index contributed by atoms with van der Waals surface area (Å²) in [6, 6.07) is 2.71. The van der Waals surface area contributed by atoms with Gasteiger partial charge in [0.2, 0.25) is 10.0 Å². The minimum Gasteiger partial charge on any atom is -0.395 e. The van der Waals surface area contributed by atoms with Crippen LogP contribution in [0.3, 0.4) is 0 Å². The van der Waals surface area contributed by atoms with E-state index in [0.29, 0.717) is 0 Å². The smallest absolute Gasteiger partial charge is 0.244 e. The number of anilines is 1. The van der Waals surface area contributed by atoms with Gasteiger partial charge >= 0.3 is 0 Å². The van der Waals surface area contributed by atoms with Crippen molar-refractivity contribution in [3.63, 3.8) is 0 Å². The van der Waals surface area contributed by atoms with Crippen LogP contribution in [0.4, 0.5) is 5.82 Å². The second-order valence-corrected chi connectivity index (χ2v) is 5.21. The van der Waals surface area contributed by atoms with Crippen LogP contribution < -0.4 is 5.73 Å². The van der Waals surface area contributed by atoms with E-state index in [4.69, 9.17) is 15.9 Å². The molecule has 0 unspecified atom stereocenters. The summed E-state index contributed by atoms with van der Waals surface area (Å²) in [6.45, 7) is -0.788. The molecule has 1 aromatic heterocycles. The Balaban J connectivity index is 3.02. The van der Waals surface area contributed by atoms with Crippen molar-refractivity contribution in [3.05, 3.63) is 18.3 Å². The van der Waals surface area contributed by atoms with Gasteiger partial charge in [-0.1, -0.05) is 0 Å². The average Bonchev–Trinajstić information content (AvgIpc) is 2.29. The van der Waals surface area contributed by atoms with Gasteiger partial charge in [-0.2, -0.15) is 4.31 Å². The maximum atomic E-state index is 12.0. The van der Waals surface area contributed by atoms with Crippen molar-refractivity contribution in [3.8, 4) is 0 Å². The van der Waals surface area contributed by atoms with Gasteiger partial charge in [0.15, 0.2) is 0 Å². The number of nitrogens with zero attached hydrogens (tertiary/aromatic N) is 2. The van der Waals surface area contributed by atoms with Crippen molar-refractivity contribution < 1.29 is 18.6 Å². The summed E-state index contributed by atoms with van der Waals surface area (Å²) in [7, 11) is -3.75. The Labute approximate surface area is 99.6 Å². The molecule has 7 nitrogen and oxygen atoms in total. The Hall–Kier alpha value is -1.22. The Bertz CT molecular complexity index is 440. The van der Waals surface area contributed by atoms with Crippen LogP contribution in [0.1, 0.15) is 0 Å². The molecule has 0 aliphatic heterocycles. The molecule has 0 saturated heterocycles. The standard InChI is InChI=1S/C9H15N3O4S/c10-9-2-1-8(7-11-9)17(15,16)12(3-5-13)4-6-14/h1-2,7,13-14H,3-6H2,(H2,10,11). The number of nitrogens with two attached hydrogens (primary N) is 1. The number of hydrogen-bond donors (Lipinski definition) is 3. The lowest BCUT2D eigenvalue weighted by Crippen LogP contribution is -2.35. The zero-order chi connectivity index (χ0) is 12.9. The number of nitrogen functional groups attached to an aromatic ring is 1. The van der Waals surface area contributed by atoms with Crippen molar-refractivity contribution in [2.24, 2.45) is 0 Å². The van der Waals surface area contributed by atoms with E-state index in [0.717, 1.165) is 10.5 Å². The van der Waals surface area contributed by atoms with E-state index < -0.39 is 10.0 Å². The highest BCUT2D eigenvalue weighted by Crippen LogP contribution is 2.14. The molecule has 0 spiro atoms. The van der Waals surface area contributed by atoms with E-state index in [9.17, 15) is 8.42 Å². The highest BCUT2D eigenvalue weighted by atomic mass is 32.2. The maximum absolute atomic E-state index is 12.0. The molecule has 17 heavy (non-hydrogen) atoms. The zero-order valence-electron chi connectivity index (χ0n) is 9.15. The fourth-order valence-electron chi connectivity index (χ4n) is 1.27. The molecule has 1 aromatic rings. The Morgan fingerprint density at radius 2 is 1.82 bits per heavy atom. The summed E-state index contributed by atoms with van der Waals surface area (Å²) in [4.78, 5) is 3.68. The molecule has 0 saturated carbocycles. The summed E-state index contributed by atoms with van der Waals surface area (Å²) in [5.74, 6) is 0.222. The minimum atomic E-state index is -3.75. The predicted molar refractivity (Wildman–Crippen MR) is 61.6 cm³/mol. The average molecular weight is 261 g/mol. The molecule has 0 bridgehead atoms. The van der Waals surface area contributed by atoms with Gasteiger partial charge in [0.05, 0.1) is 13.2 Å². The van der Waals surface area contributed by atoms with Gasteiger partial charge in [0.25, 0.3) is 0 Å². The van der Waals surface area contributed by atoms with Crippen LogP contribution in [-0.2, 0) is 10.0 Å². The quantitative estimate of drug-likeness (QED) is 0.582. The van der Waals surface area contributed by atoms with Gasteiger partial charge in [-0.3, -0.25) is 0 Å². The van der Waals surface area contributed by atoms with Crippen molar-refractivity contribution in [1.82, 2.24) is 9.29 Å². The summed E-state index contributed by atoms with van der Waals surface area (Å²) in [5, 5.41) is 17.6. The van der Waals surface area contributed by atoms with Crippen LogP contribution in [0.2, 0.25) is 0 Å². The van der Waals surface area contributed by atoms with Crippen LogP contribution in [0.5, 0.6) is 0 Å². The first-order valence-electron chi connectivity index (χ1n) is 4.95. The summed E-state index contributed by atoms with van der Waals surface area (Å²) >= 11 is 0. The monoisotopic (exact) mass is 261 g/mol. The van der Waals surface area contributed by atoms with Crippen molar-refractivity contribution in [2.45, 2.75) is 4.90 Å². The molecule has 0 atom stereocenters. The van der Waals surface area contributed by atoms with E-state index in [1.54, 1.807) is 0 Å². The Kier molecular flexibility index (Phi) is 4.82. The number of hydrogen-bond acceptors (Lipinski definition) is 6. The molecule has 0 aliphatic rings. The topological polar surface area (TPSA) is 117 Å². The molecule has 1 heterocycles. The number of sulfonamides is 1. The lowest BCUT2D eigenvalue weighted by molar-refractivity contribution is 0.217. The second-order valence-electron chi connectivity index (χ2n) is 3.27. The van der Waals surface area contributed by atoms with E-state index in [1.807, 2.05) is 0 Å². The molecule has 0 amide bonds. The first-order chi connectivity index (χ1) is 8.02. The van der Waals surface area contributed by atoms with Gasteiger partial charge in [-0.05, 0) is 12.1 Å². The van der Waals surface area contributed by atoms with Crippen LogP contribution in [0.15, 0.2) is 23.2 Å². The third-order valence-corrected chi connectivity index (χ3v) is 3.98. The Morgan fingerprint density at radius 3 is 2.24 bits per heavy atom. The maximum Gasteiger partial charge on any atom is 0.244 e. The fraction of sp³-hybridized carbons (Fsp3) is 0.444. The highest BCUT2D eigenvalue weighted by molar-refractivity contribution is 7.89. The molecule has 0 radical (unpaired) electrons. The fourth-order valence-corrected chi connectivity index (χ4v) is 2.64. The molecule has 0 aromatic carbocycles.